The van der Waals surface area contributed by atoms with Gasteiger partial charge in [-0.2, -0.15) is 0 Å². The molecule has 4 heterocycles. The van der Waals surface area contributed by atoms with E-state index < -0.39 is 28.9 Å². The second kappa shape index (κ2) is 9.68. The summed E-state index contributed by atoms with van der Waals surface area (Å²) in [6.07, 6.45) is 4.84. The lowest BCUT2D eigenvalue weighted by Crippen LogP contribution is -2.48. The van der Waals surface area contributed by atoms with Gasteiger partial charge >= 0.3 is 5.97 Å². The lowest BCUT2D eigenvalue weighted by atomic mass is 9.73. The van der Waals surface area contributed by atoms with E-state index in [4.69, 9.17) is 24.7 Å². The second-order valence-corrected chi connectivity index (χ2v) is 11.7. The molecule has 1 amide bonds. The molecule has 1 aromatic carbocycles. The Morgan fingerprint density at radius 3 is 2.65 bits per heavy atom. The number of nitrogens with two attached hydrogens (primary N) is 1. The maximum absolute atomic E-state index is 13.4. The fourth-order valence-corrected chi connectivity index (χ4v) is 6.43. The van der Waals surface area contributed by atoms with Crippen molar-refractivity contribution in [3.05, 3.63) is 57.4 Å². The van der Waals surface area contributed by atoms with Crippen LogP contribution in [-0.4, -0.2) is 48.9 Å². The minimum atomic E-state index is -1.25. The molecule has 8 nitrogen and oxygen atoms in total. The van der Waals surface area contributed by atoms with E-state index in [-0.39, 0.29) is 6.29 Å². The van der Waals surface area contributed by atoms with Crippen LogP contribution in [0.2, 0.25) is 0 Å². The van der Waals surface area contributed by atoms with E-state index in [0.717, 1.165) is 35.3 Å². The van der Waals surface area contributed by atoms with Gasteiger partial charge in [0.05, 0.1) is 19.8 Å². The first-order valence-electron chi connectivity index (χ1n) is 12.7. The largest absolute Gasteiger partial charge is 0.493 e. The molecule has 0 aliphatic carbocycles. The van der Waals surface area contributed by atoms with Crippen LogP contribution in [0.15, 0.2) is 41.4 Å². The standard InChI is InChI=1S/C28H34N2O6S/c1-27(2,3)36-25(31)19-16-28(26(29)32,22-8-7-13-37-22)24-18-15-21(35-23-9-5-6-12-34-23)20(33-4)14-17(18)10-11-30(19)24/h7-8,13-16,23-24H,5-6,9-12H2,1-4H3,(H2,29,32). The third-order valence-corrected chi connectivity index (χ3v) is 8.12. The van der Waals surface area contributed by atoms with Crippen molar-refractivity contribution in [1.82, 2.24) is 4.90 Å². The Morgan fingerprint density at radius 2 is 2.03 bits per heavy atom. The zero-order valence-electron chi connectivity index (χ0n) is 21.7. The molecule has 1 saturated heterocycles. The minimum absolute atomic E-state index is 0.353. The van der Waals surface area contributed by atoms with Crippen molar-refractivity contribution in [2.24, 2.45) is 5.73 Å². The van der Waals surface area contributed by atoms with Crippen LogP contribution >= 0.6 is 11.3 Å². The number of ether oxygens (including phenoxy) is 4. The number of methoxy groups -OCH3 is 1. The van der Waals surface area contributed by atoms with Crippen LogP contribution in [0.5, 0.6) is 11.5 Å². The van der Waals surface area contributed by atoms with E-state index in [1.54, 1.807) is 13.2 Å². The van der Waals surface area contributed by atoms with Gasteiger partial charge in [-0.15, -0.1) is 11.3 Å². The van der Waals surface area contributed by atoms with Gasteiger partial charge in [-0.25, -0.2) is 4.79 Å². The maximum atomic E-state index is 13.4. The number of primary amides is 1. The molecule has 3 aliphatic rings. The molecule has 3 aliphatic heterocycles. The lowest BCUT2D eigenvalue weighted by Gasteiger charge is -2.42. The maximum Gasteiger partial charge on any atom is 0.354 e. The summed E-state index contributed by atoms with van der Waals surface area (Å²) in [7, 11) is 1.61. The van der Waals surface area contributed by atoms with E-state index in [9.17, 15) is 9.59 Å². The first-order chi connectivity index (χ1) is 17.6. The zero-order valence-corrected chi connectivity index (χ0v) is 22.6. The average molecular weight is 527 g/mol. The first kappa shape index (κ1) is 25.6. The number of hydrogen-bond donors (Lipinski definition) is 1. The summed E-state index contributed by atoms with van der Waals surface area (Å²) in [4.78, 5) is 29.5. The predicted octanol–water partition coefficient (Wildman–Crippen LogP) is 4.22. The van der Waals surface area contributed by atoms with E-state index in [0.29, 0.717) is 36.8 Å². The Hall–Kier alpha value is -3.04. The van der Waals surface area contributed by atoms with Crippen LogP contribution in [-0.2, 0) is 30.9 Å². The molecule has 0 spiro atoms. The summed E-state index contributed by atoms with van der Waals surface area (Å²) >= 11 is 1.44. The van der Waals surface area contributed by atoms with Gasteiger partial charge in [-0.05, 0) is 80.8 Å². The molecule has 37 heavy (non-hydrogen) atoms. The number of nitrogens with zero attached hydrogens (tertiary/aromatic N) is 1. The molecule has 0 saturated carbocycles. The third kappa shape index (κ3) is 4.59. The van der Waals surface area contributed by atoms with Gasteiger partial charge in [0.15, 0.2) is 17.8 Å². The molecule has 0 radical (unpaired) electrons. The van der Waals surface area contributed by atoms with Crippen LogP contribution in [0.25, 0.3) is 0 Å². The van der Waals surface area contributed by atoms with Crippen molar-refractivity contribution in [3.63, 3.8) is 0 Å². The Balaban J connectivity index is 1.64. The Labute approximate surface area is 221 Å². The summed E-state index contributed by atoms with van der Waals surface area (Å²) in [6.45, 7) is 6.66. The van der Waals surface area contributed by atoms with Crippen LogP contribution < -0.4 is 15.2 Å². The molecular formula is C28H34N2O6S. The van der Waals surface area contributed by atoms with E-state index in [2.05, 4.69) is 0 Å². The van der Waals surface area contributed by atoms with Crippen LogP contribution in [0.4, 0.5) is 0 Å². The molecule has 5 rings (SSSR count). The smallest absolute Gasteiger partial charge is 0.354 e. The van der Waals surface area contributed by atoms with Crippen molar-refractivity contribution < 1.29 is 28.5 Å². The minimum Gasteiger partial charge on any atom is -0.493 e. The monoisotopic (exact) mass is 526 g/mol. The van der Waals surface area contributed by atoms with Gasteiger partial charge < -0.3 is 29.6 Å². The number of carbonyl (C=O) groups is 2. The molecule has 198 valence electrons. The van der Waals surface area contributed by atoms with Crippen molar-refractivity contribution in [2.45, 2.75) is 69.8 Å². The molecular weight excluding hydrogens is 492 g/mol. The van der Waals surface area contributed by atoms with Crippen molar-refractivity contribution in [3.8, 4) is 11.5 Å². The fraction of sp³-hybridized carbons (Fsp3) is 0.500. The van der Waals surface area contributed by atoms with Gasteiger partial charge in [0.2, 0.25) is 5.91 Å². The SMILES string of the molecule is COc1cc2c(cc1OC1CCCCO1)C1N(CC2)C(C(=O)OC(C)(C)C)=CC1(C(N)=O)c1cccs1. The number of thiophene rings is 1. The molecule has 3 unspecified atom stereocenters. The van der Waals surface area contributed by atoms with Crippen molar-refractivity contribution in [1.29, 1.82) is 0 Å². The van der Waals surface area contributed by atoms with Crippen LogP contribution in [0.3, 0.4) is 0 Å². The molecule has 2 aromatic rings. The van der Waals surface area contributed by atoms with Crippen molar-refractivity contribution >= 4 is 23.2 Å². The normalized spacial score (nSPS) is 25.1. The fourth-order valence-electron chi connectivity index (χ4n) is 5.51. The Kier molecular flexibility index (Phi) is 6.70. The zero-order chi connectivity index (χ0) is 26.4. The van der Waals surface area contributed by atoms with Gasteiger partial charge in [0.1, 0.15) is 16.7 Å². The number of esters is 1. The number of fused-ring (bicyclic) bond motifs is 3. The summed E-state index contributed by atoms with van der Waals surface area (Å²) in [5, 5.41) is 1.91. The third-order valence-electron chi connectivity index (χ3n) is 7.10. The topological polar surface area (TPSA) is 100 Å². The van der Waals surface area contributed by atoms with Crippen LogP contribution in [0.1, 0.15) is 62.1 Å². The highest BCUT2D eigenvalue weighted by Crippen LogP contribution is 2.55. The van der Waals surface area contributed by atoms with Gasteiger partial charge in [0.25, 0.3) is 0 Å². The first-order valence-corrected chi connectivity index (χ1v) is 13.6. The highest BCUT2D eigenvalue weighted by Gasteiger charge is 2.57. The predicted molar refractivity (Wildman–Crippen MR) is 139 cm³/mol. The summed E-state index contributed by atoms with van der Waals surface area (Å²) in [6, 6.07) is 7.15. The molecule has 1 fully saturated rings. The molecule has 3 atom stereocenters. The van der Waals surface area contributed by atoms with E-state index >= 15 is 0 Å². The number of rotatable bonds is 6. The molecule has 1 aromatic heterocycles. The average Bonchev–Trinajstić information content (AvgIpc) is 3.50. The summed E-state index contributed by atoms with van der Waals surface area (Å²) in [5.74, 6) is 0.164. The highest BCUT2D eigenvalue weighted by atomic mass is 32.1. The Bertz CT molecular complexity index is 1210. The number of benzene rings is 1. The second-order valence-electron chi connectivity index (χ2n) is 10.7. The van der Waals surface area contributed by atoms with Crippen LogP contribution in [0, 0.1) is 0 Å². The summed E-state index contributed by atoms with van der Waals surface area (Å²) < 4.78 is 23.5. The van der Waals surface area contributed by atoms with Gasteiger partial charge in [0, 0.05) is 17.8 Å². The highest BCUT2D eigenvalue weighted by molar-refractivity contribution is 7.10. The van der Waals surface area contributed by atoms with Gasteiger partial charge in [-0.3, -0.25) is 4.79 Å². The lowest BCUT2D eigenvalue weighted by molar-refractivity contribution is -0.152. The molecule has 9 heteroatoms. The number of amides is 1. The molecule has 0 bridgehead atoms. The van der Waals surface area contributed by atoms with Gasteiger partial charge in [-0.1, -0.05) is 6.07 Å². The van der Waals surface area contributed by atoms with E-state index in [1.807, 2.05) is 55.3 Å². The number of hydrogen-bond acceptors (Lipinski definition) is 8. The summed E-state index contributed by atoms with van der Waals surface area (Å²) in [5.41, 5.74) is 6.51. The Morgan fingerprint density at radius 1 is 1.22 bits per heavy atom. The quantitative estimate of drug-likeness (QED) is 0.563. The van der Waals surface area contributed by atoms with E-state index in [1.165, 1.54) is 11.3 Å². The van der Waals surface area contributed by atoms with Crippen molar-refractivity contribution in [2.75, 3.05) is 20.3 Å². The molecule has 2 N–H and O–H groups in total. The number of carbonyl (C=O) groups excluding carboxylic acids is 2.